The van der Waals surface area contributed by atoms with Gasteiger partial charge in [-0.05, 0) is 80.4 Å². The Labute approximate surface area is 182 Å². The van der Waals surface area contributed by atoms with Crippen molar-refractivity contribution in [3.63, 3.8) is 0 Å². The SMILES string of the molecule is Cc1ccc(S(=O)(=O)Nc2ccc(SCC(=O)Nc3ccc(C)c(C)c3)cc2)cc1. The molecule has 0 aliphatic rings. The molecular formula is C23H24N2O3S2. The molecule has 3 aromatic rings. The lowest BCUT2D eigenvalue weighted by atomic mass is 10.1. The third-order valence-corrected chi connectivity index (χ3v) is 7.01. The highest BCUT2D eigenvalue weighted by molar-refractivity contribution is 8.00. The predicted molar refractivity (Wildman–Crippen MR) is 124 cm³/mol. The average molecular weight is 441 g/mol. The fourth-order valence-corrected chi connectivity index (χ4v) is 4.47. The van der Waals surface area contributed by atoms with Crippen molar-refractivity contribution >= 4 is 39.1 Å². The van der Waals surface area contributed by atoms with Gasteiger partial charge in [0.25, 0.3) is 10.0 Å². The van der Waals surface area contributed by atoms with E-state index >= 15 is 0 Å². The standard InChI is InChI=1S/C23H24N2O3S2/c1-16-4-12-22(13-5-16)30(27,28)25-19-8-10-21(11-9-19)29-15-23(26)24-20-7-6-17(2)18(3)14-20/h4-14,25H,15H2,1-3H3,(H,24,26). The maximum absolute atomic E-state index is 12.5. The van der Waals surface area contributed by atoms with Crippen molar-refractivity contribution in [2.45, 2.75) is 30.6 Å². The van der Waals surface area contributed by atoms with Crippen LogP contribution >= 0.6 is 11.8 Å². The van der Waals surface area contributed by atoms with Crippen molar-refractivity contribution in [1.82, 2.24) is 0 Å². The van der Waals surface area contributed by atoms with Gasteiger partial charge < -0.3 is 5.32 Å². The zero-order valence-corrected chi connectivity index (χ0v) is 18.7. The molecule has 0 heterocycles. The summed E-state index contributed by atoms with van der Waals surface area (Å²) >= 11 is 1.39. The number of sulfonamides is 1. The third kappa shape index (κ3) is 5.87. The molecule has 0 aliphatic heterocycles. The van der Waals surface area contributed by atoms with Crippen molar-refractivity contribution in [3.8, 4) is 0 Å². The lowest BCUT2D eigenvalue weighted by Gasteiger charge is -2.10. The number of amides is 1. The molecule has 3 aromatic carbocycles. The first kappa shape index (κ1) is 21.9. The molecule has 0 unspecified atom stereocenters. The Morgan fingerprint density at radius 2 is 1.47 bits per heavy atom. The Morgan fingerprint density at radius 3 is 2.10 bits per heavy atom. The van der Waals surface area contributed by atoms with E-state index in [1.54, 1.807) is 48.5 Å². The van der Waals surface area contributed by atoms with E-state index in [-0.39, 0.29) is 16.6 Å². The van der Waals surface area contributed by atoms with Crippen molar-refractivity contribution < 1.29 is 13.2 Å². The average Bonchev–Trinajstić information content (AvgIpc) is 2.70. The molecule has 0 fully saturated rings. The number of rotatable bonds is 7. The van der Waals surface area contributed by atoms with Gasteiger partial charge in [0.2, 0.25) is 5.91 Å². The van der Waals surface area contributed by atoms with Crippen LogP contribution in [0.4, 0.5) is 11.4 Å². The van der Waals surface area contributed by atoms with Crippen molar-refractivity contribution in [2.24, 2.45) is 0 Å². The summed E-state index contributed by atoms with van der Waals surface area (Å²) in [6.07, 6.45) is 0. The smallest absolute Gasteiger partial charge is 0.261 e. The van der Waals surface area contributed by atoms with Crippen LogP contribution in [0.1, 0.15) is 16.7 Å². The minimum absolute atomic E-state index is 0.0904. The lowest BCUT2D eigenvalue weighted by Crippen LogP contribution is -2.14. The molecule has 0 saturated heterocycles. The van der Waals surface area contributed by atoms with E-state index in [9.17, 15) is 13.2 Å². The van der Waals surface area contributed by atoms with E-state index in [2.05, 4.69) is 10.0 Å². The molecule has 3 rings (SSSR count). The Kier molecular flexibility index (Phi) is 6.84. The van der Waals surface area contributed by atoms with Gasteiger partial charge in [-0.25, -0.2) is 8.42 Å². The predicted octanol–water partition coefficient (Wildman–Crippen LogP) is 5.14. The topological polar surface area (TPSA) is 75.3 Å². The number of hydrogen-bond acceptors (Lipinski definition) is 4. The summed E-state index contributed by atoms with van der Waals surface area (Å²) in [4.78, 5) is 13.3. The highest BCUT2D eigenvalue weighted by Crippen LogP contribution is 2.23. The molecule has 0 aromatic heterocycles. The molecule has 7 heteroatoms. The van der Waals surface area contributed by atoms with Crippen LogP contribution in [0.15, 0.2) is 76.5 Å². The number of anilines is 2. The van der Waals surface area contributed by atoms with Crippen LogP contribution in [-0.4, -0.2) is 20.1 Å². The summed E-state index contributed by atoms with van der Waals surface area (Å²) in [5.74, 6) is 0.175. The van der Waals surface area contributed by atoms with Gasteiger partial charge in [0.05, 0.1) is 10.6 Å². The number of carbonyl (C=O) groups excluding carboxylic acids is 1. The summed E-state index contributed by atoms with van der Waals surface area (Å²) in [6.45, 7) is 5.94. The van der Waals surface area contributed by atoms with Crippen LogP contribution in [-0.2, 0) is 14.8 Å². The van der Waals surface area contributed by atoms with E-state index in [1.807, 2.05) is 39.0 Å². The Hall–Kier alpha value is -2.77. The van der Waals surface area contributed by atoms with E-state index in [1.165, 1.54) is 17.3 Å². The van der Waals surface area contributed by atoms with Crippen LogP contribution < -0.4 is 10.0 Å². The number of carbonyl (C=O) groups is 1. The molecule has 1 amide bonds. The van der Waals surface area contributed by atoms with Gasteiger partial charge in [0.1, 0.15) is 0 Å². The normalized spacial score (nSPS) is 11.2. The van der Waals surface area contributed by atoms with Crippen LogP contribution in [0.2, 0.25) is 0 Å². The lowest BCUT2D eigenvalue weighted by molar-refractivity contribution is -0.113. The number of nitrogens with one attached hydrogen (secondary N) is 2. The second-order valence-electron chi connectivity index (χ2n) is 7.08. The Balaban J connectivity index is 1.55. The molecule has 5 nitrogen and oxygen atoms in total. The van der Waals surface area contributed by atoms with E-state index < -0.39 is 10.0 Å². The minimum Gasteiger partial charge on any atom is -0.325 e. The molecule has 0 aliphatic carbocycles. The van der Waals surface area contributed by atoms with E-state index in [0.717, 1.165) is 21.7 Å². The molecule has 2 N–H and O–H groups in total. The maximum atomic E-state index is 12.5. The molecule has 156 valence electrons. The number of hydrogen-bond donors (Lipinski definition) is 2. The fourth-order valence-electron chi connectivity index (χ4n) is 2.72. The van der Waals surface area contributed by atoms with Gasteiger partial charge in [-0.1, -0.05) is 23.8 Å². The third-order valence-electron chi connectivity index (χ3n) is 4.60. The quantitative estimate of drug-likeness (QED) is 0.499. The summed E-state index contributed by atoms with van der Waals surface area (Å²) < 4.78 is 27.5. The number of aryl methyl sites for hydroxylation is 3. The minimum atomic E-state index is -3.63. The fraction of sp³-hybridized carbons (Fsp3) is 0.174. The van der Waals surface area contributed by atoms with Gasteiger partial charge in [-0.15, -0.1) is 11.8 Å². The molecule has 0 saturated carbocycles. The van der Waals surface area contributed by atoms with Crippen molar-refractivity contribution in [1.29, 1.82) is 0 Å². The summed E-state index contributed by atoms with van der Waals surface area (Å²) in [7, 11) is -3.63. The first-order valence-electron chi connectivity index (χ1n) is 9.42. The highest BCUT2D eigenvalue weighted by atomic mass is 32.2. The van der Waals surface area contributed by atoms with E-state index in [0.29, 0.717) is 5.69 Å². The molecule has 0 spiro atoms. The van der Waals surface area contributed by atoms with Crippen LogP contribution in [0.3, 0.4) is 0 Å². The first-order valence-corrected chi connectivity index (χ1v) is 11.9. The Morgan fingerprint density at radius 1 is 0.833 bits per heavy atom. The highest BCUT2D eigenvalue weighted by Gasteiger charge is 2.14. The van der Waals surface area contributed by atoms with E-state index in [4.69, 9.17) is 0 Å². The molecular weight excluding hydrogens is 416 g/mol. The molecule has 0 radical (unpaired) electrons. The molecule has 0 bridgehead atoms. The Bertz CT molecular complexity index is 1140. The largest absolute Gasteiger partial charge is 0.325 e. The number of benzene rings is 3. The van der Waals surface area contributed by atoms with Crippen LogP contribution in [0, 0.1) is 20.8 Å². The van der Waals surface area contributed by atoms with Gasteiger partial charge in [0.15, 0.2) is 0 Å². The van der Waals surface area contributed by atoms with Gasteiger partial charge >= 0.3 is 0 Å². The van der Waals surface area contributed by atoms with Gasteiger partial charge in [0, 0.05) is 16.3 Å². The van der Waals surface area contributed by atoms with Crippen molar-refractivity contribution in [3.05, 3.63) is 83.4 Å². The first-order chi connectivity index (χ1) is 14.2. The maximum Gasteiger partial charge on any atom is 0.261 e. The summed E-state index contributed by atoms with van der Waals surface area (Å²) in [5.41, 5.74) is 4.56. The van der Waals surface area contributed by atoms with Gasteiger partial charge in [-0.2, -0.15) is 0 Å². The zero-order valence-electron chi connectivity index (χ0n) is 17.1. The summed E-state index contributed by atoms with van der Waals surface area (Å²) in [6, 6.07) is 19.5. The second-order valence-corrected chi connectivity index (χ2v) is 9.81. The number of thioether (sulfide) groups is 1. The molecule has 0 atom stereocenters. The van der Waals surface area contributed by atoms with Crippen LogP contribution in [0.25, 0.3) is 0 Å². The summed E-state index contributed by atoms with van der Waals surface area (Å²) in [5, 5.41) is 2.89. The monoisotopic (exact) mass is 440 g/mol. The van der Waals surface area contributed by atoms with Gasteiger partial charge in [-0.3, -0.25) is 9.52 Å². The van der Waals surface area contributed by atoms with Crippen LogP contribution in [0.5, 0.6) is 0 Å². The van der Waals surface area contributed by atoms with Crippen molar-refractivity contribution in [2.75, 3.05) is 15.8 Å². The second kappa shape index (κ2) is 9.36. The molecule has 30 heavy (non-hydrogen) atoms. The zero-order chi connectivity index (χ0) is 21.7.